The first kappa shape index (κ1) is 14.5. The second-order valence-corrected chi connectivity index (χ2v) is 4.23. The van der Waals surface area contributed by atoms with Crippen molar-refractivity contribution in [3.05, 3.63) is 29.3 Å². The number of halogens is 1. The molecule has 5 heteroatoms. The maximum absolute atomic E-state index is 11.6. The van der Waals surface area contributed by atoms with Gasteiger partial charge in [0.25, 0.3) is 0 Å². The fourth-order valence-corrected chi connectivity index (χ4v) is 1.79. The average molecular weight is 269 g/mol. The fourth-order valence-electron chi connectivity index (χ4n) is 1.55. The molecule has 1 rings (SSSR count). The maximum atomic E-state index is 11.6. The highest BCUT2D eigenvalue weighted by Crippen LogP contribution is 2.24. The summed E-state index contributed by atoms with van der Waals surface area (Å²) in [5, 5.41) is 3.25. The molecule has 1 aromatic carbocycles. The number of nitrogens with one attached hydrogen (secondary N) is 1. The zero-order valence-electron chi connectivity index (χ0n) is 10.6. The number of carbonyl (C=O) groups excluding carboxylic acids is 2. The Morgan fingerprint density at radius 1 is 1.33 bits per heavy atom. The summed E-state index contributed by atoms with van der Waals surface area (Å²) in [4.78, 5) is 24.3. The van der Waals surface area contributed by atoms with E-state index in [9.17, 15) is 9.59 Å². The maximum Gasteiger partial charge on any atom is 0.223 e. The van der Waals surface area contributed by atoms with Crippen molar-refractivity contribution in [1.29, 1.82) is 0 Å². The van der Waals surface area contributed by atoms with Gasteiger partial charge < -0.3 is 10.2 Å². The third-order valence-electron chi connectivity index (χ3n) is 2.50. The summed E-state index contributed by atoms with van der Waals surface area (Å²) in [5.41, 5.74) is 0.664. The van der Waals surface area contributed by atoms with Gasteiger partial charge in [0, 0.05) is 26.4 Å². The molecule has 0 aliphatic rings. The fraction of sp³-hybridized carbons (Fsp3) is 0.385. The summed E-state index contributed by atoms with van der Waals surface area (Å²) >= 11 is 6.05. The van der Waals surface area contributed by atoms with Crippen LogP contribution in [-0.4, -0.2) is 24.9 Å². The van der Waals surface area contributed by atoms with Gasteiger partial charge in [0.1, 0.15) is 0 Å². The second-order valence-electron chi connectivity index (χ2n) is 3.83. The summed E-state index contributed by atoms with van der Waals surface area (Å²) < 4.78 is 0. The molecule has 1 aromatic rings. The number of anilines is 1. The van der Waals surface area contributed by atoms with Crippen molar-refractivity contribution >= 4 is 29.1 Å². The Balaban J connectivity index is 2.70. The van der Waals surface area contributed by atoms with E-state index in [0.29, 0.717) is 30.2 Å². The highest BCUT2D eigenvalue weighted by atomic mass is 35.5. The molecular weight excluding hydrogens is 252 g/mol. The summed E-state index contributed by atoms with van der Waals surface area (Å²) in [5.74, 6) is -0.133. The van der Waals surface area contributed by atoms with Crippen LogP contribution in [0.3, 0.4) is 0 Å². The topological polar surface area (TPSA) is 49.4 Å². The minimum atomic E-state index is -0.103. The van der Waals surface area contributed by atoms with Crippen LogP contribution < -0.4 is 10.2 Å². The molecule has 0 aromatic heterocycles. The van der Waals surface area contributed by atoms with E-state index < -0.39 is 0 Å². The molecule has 18 heavy (non-hydrogen) atoms. The Morgan fingerprint density at radius 3 is 2.56 bits per heavy atom. The van der Waals surface area contributed by atoms with Crippen molar-refractivity contribution in [1.82, 2.24) is 5.32 Å². The summed E-state index contributed by atoms with van der Waals surface area (Å²) in [6, 6.07) is 7.15. The zero-order valence-corrected chi connectivity index (χ0v) is 11.3. The first-order chi connectivity index (χ1) is 8.56. The number of para-hydroxylation sites is 1. The molecule has 0 unspecified atom stereocenters. The Kier molecular flexibility index (Phi) is 5.65. The molecule has 98 valence electrons. The van der Waals surface area contributed by atoms with Crippen LogP contribution in [0.4, 0.5) is 5.69 Å². The second kappa shape index (κ2) is 7.01. The minimum Gasteiger partial charge on any atom is -0.354 e. The number of rotatable bonds is 5. The quantitative estimate of drug-likeness (QED) is 0.890. The first-order valence-corrected chi connectivity index (χ1v) is 6.23. The number of hydrogen-bond donors (Lipinski definition) is 1. The number of carbonyl (C=O) groups is 2. The molecule has 2 amide bonds. The van der Waals surface area contributed by atoms with Crippen LogP contribution in [0.15, 0.2) is 24.3 Å². The Hall–Kier alpha value is -1.55. The van der Waals surface area contributed by atoms with E-state index in [0.717, 1.165) is 0 Å². The van der Waals surface area contributed by atoms with Gasteiger partial charge in [0.15, 0.2) is 0 Å². The minimum absolute atomic E-state index is 0.0299. The van der Waals surface area contributed by atoms with E-state index >= 15 is 0 Å². The zero-order chi connectivity index (χ0) is 13.5. The number of hydrogen-bond acceptors (Lipinski definition) is 2. The lowest BCUT2D eigenvalue weighted by atomic mass is 10.2. The van der Waals surface area contributed by atoms with Crippen LogP contribution in [0.25, 0.3) is 0 Å². The van der Waals surface area contributed by atoms with Gasteiger partial charge in [-0.1, -0.05) is 30.7 Å². The van der Waals surface area contributed by atoms with Gasteiger partial charge in [0.05, 0.1) is 10.7 Å². The van der Waals surface area contributed by atoms with Crippen LogP contribution >= 0.6 is 11.6 Å². The van der Waals surface area contributed by atoms with E-state index in [-0.39, 0.29) is 11.8 Å². The van der Waals surface area contributed by atoms with Crippen LogP contribution in [-0.2, 0) is 9.59 Å². The predicted octanol–water partition coefficient (Wildman–Crippen LogP) is 2.22. The van der Waals surface area contributed by atoms with Crippen molar-refractivity contribution in [2.24, 2.45) is 0 Å². The van der Waals surface area contributed by atoms with Gasteiger partial charge in [-0.3, -0.25) is 9.59 Å². The van der Waals surface area contributed by atoms with Gasteiger partial charge in [-0.05, 0) is 12.1 Å². The van der Waals surface area contributed by atoms with Crippen molar-refractivity contribution < 1.29 is 9.59 Å². The summed E-state index contributed by atoms with van der Waals surface area (Å²) in [7, 11) is 0. The lowest BCUT2D eigenvalue weighted by Gasteiger charge is -2.22. The van der Waals surface area contributed by atoms with Crippen molar-refractivity contribution in [3.8, 4) is 0 Å². The number of nitrogens with zero attached hydrogens (tertiary/aromatic N) is 1. The van der Waals surface area contributed by atoms with Crippen LogP contribution in [0.1, 0.15) is 20.3 Å². The van der Waals surface area contributed by atoms with E-state index in [1.807, 2.05) is 12.1 Å². The van der Waals surface area contributed by atoms with Gasteiger partial charge in [0.2, 0.25) is 11.8 Å². The van der Waals surface area contributed by atoms with E-state index in [1.165, 1.54) is 6.92 Å². The highest BCUT2D eigenvalue weighted by Gasteiger charge is 2.13. The first-order valence-electron chi connectivity index (χ1n) is 5.85. The smallest absolute Gasteiger partial charge is 0.223 e. The molecule has 0 fully saturated rings. The van der Waals surface area contributed by atoms with Gasteiger partial charge in [-0.2, -0.15) is 0 Å². The largest absolute Gasteiger partial charge is 0.354 e. The Labute approximate surface area is 112 Å². The SMILES string of the molecule is CCC(=O)NCCN(C(C)=O)c1ccccc1Cl. The molecule has 0 spiro atoms. The highest BCUT2D eigenvalue weighted by molar-refractivity contribution is 6.33. The lowest BCUT2D eigenvalue weighted by molar-refractivity contribution is -0.121. The van der Waals surface area contributed by atoms with Crippen molar-refractivity contribution in [3.63, 3.8) is 0 Å². The van der Waals surface area contributed by atoms with Gasteiger partial charge >= 0.3 is 0 Å². The Bertz CT molecular complexity index is 435. The molecule has 0 saturated heterocycles. The van der Waals surface area contributed by atoms with Crippen LogP contribution in [0.2, 0.25) is 5.02 Å². The molecule has 0 aliphatic heterocycles. The molecule has 0 radical (unpaired) electrons. The van der Waals surface area contributed by atoms with E-state index in [1.54, 1.807) is 24.0 Å². The average Bonchev–Trinajstić information content (AvgIpc) is 2.35. The lowest BCUT2D eigenvalue weighted by Crippen LogP contribution is -2.37. The third-order valence-corrected chi connectivity index (χ3v) is 2.82. The molecule has 0 bridgehead atoms. The van der Waals surface area contributed by atoms with Gasteiger partial charge in [-0.15, -0.1) is 0 Å². The van der Waals surface area contributed by atoms with Crippen molar-refractivity contribution in [2.75, 3.05) is 18.0 Å². The van der Waals surface area contributed by atoms with Gasteiger partial charge in [-0.25, -0.2) is 0 Å². The van der Waals surface area contributed by atoms with E-state index in [2.05, 4.69) is 5.32 Å². The molecule has 4 nitrogen and oxygen atoms in total. The summed E-state index contributed by atoms with van der Waals surface area (Å²) in [6.45, 7) is 4.08. The standard InChI is InChI=1S/C13H17ClN2O2/c1-3-13(18)15-8-9-16(10(2)17)12-7-5-4-6-11(12)14/h4-7H,3,8-9H2,1-2H3,(H,15,18). The summed E-state index contributed by atoms with van der Waals surface area (Å²) in [6.07, 6.45) is 0.437. The molecule has 0 aliphatic carbocycles. The number of amides is 2. The monoisotopic (exact) mass is 268 g/mol. The third kappa shape index (κ3) is 4.04. The normalized spacial score (nSPS) is 9.94. The Morgan fingerprint density at radius 2 is 2.00 bits per heavy atom. The molecule has 0 atom stereocenters. The van der Waals surface area contributed by atoms with Crippen LogP contribution in [0, 0.1) is 0 Å². The van der Waals surface area contributed by atoms with E-state index in [4.69, 9.17) is 11.6 Å². The molecule has 1 N–H and O–H groups in total. The van der Waals surface area contributed by atoms with Crippen LogP contribution in [0.5, 0.6) is 0 Å². The number of benzene rings is 1. The molecule has 0 heterocycles. The molecule has 0 saturated carbocycles. The van der Waals surface area contributed by atoms with Crippen molar-refractivity contribution in [2.45, 2.75) is 20.3 Å². The predicted molar refractivity (Wildman–Crippen MR) is 72.8 cm³/mol. The molecular formula is C13H17ClN2O2.